The van der Waals surface area contributed by atoms with Crippen LogP contribution in [0.25, 0.3) is 0 Å². The molecule has 0 fully saturated rings. The van der Waals surface area contributed by atoms with E-state index in [-0.39, 0.29) is 24.4 Å². The first kappa shape index (κ1) is 14.9. The minimum atomic E-state index is -0.830. The van der Waals surface area contributed by atoms with Gasteiger partial charge in [0.05, 0.1) is 11.6 Å². The molecule has 1 rings (SSSR count). The number of carbonyl (C=O) groups excluding carboxylic acids is 1. The Balaban J connectivity index is 0.00000225. The molecule has 0 aliphatic heterocycles. The van der Waals surface area contributed by atoms with Gasteiger partial charge in [-0.05, 0) is 26.3 Å². The van der Waals surface area contributed by atoms with Gasteiger partial charge in [-0.15, -0.1) is 12.4 Å². The average Bonchev–Trinajstić information content (AvgIpc) is 2.17. The van der Waals surface area contributed by atoms with Crippen molar-refractivity contribution in [3.8, 4) is 0 Å². The Morgan fingerprint density at radius 3 is 2.25 bits per heavy atom. The van der Waals surface area contributed by atoms with E-state index in [1.165, 1.54) is 0 Å². The molecule has 0 aliphatic rings. The van der Waals surface area contributed by atoms with Crippen LogP contribution in [0.15, 0.2) is 30.3 Å². The van der Waals surface area contributed by atoms with Gasteiger partial charge in [-0.1, -0.05) is 30.3 Å². The van der Waals surface area contributed by atoms with E-state index >= 15 is 0 Å². The Hall–Kier alpha value is -1.06. The second-order valence-corrected chi connectivity index (χ2v) is 4.33. The molecule has 1 atom stereocenters. The van der Waals surface area contributed by atoms with Crippen molar-refractivity contribution in [3.05, 3.63) is 35.9 Å². The SMILES string of the molecule is C[C@@H](NC(=O)C(C)(C)N)c1ccccc1.Cl. The van der Waals surface area contributed by atoms with Crippen molar-refractivity contribution in [2.24, 2.45) is 5.73 Å². The molecular weight excluding hydrogens is 224 g/mol. The molecule has 3 N–H and O–H groups in total. The zero-order chi connectivity index (χ0) is 11.5. The number of halogens is 1. The Morgan fingerprint density at radius 2 is 1.81 bits per heavy atom. The van der Waals surface area contributed by atoms with Gasteiger partial charge in [0.15, 0.2) is 0 Å². The van der Waals surface area contributed by atoms with Crippen molar-refractivity contribution >= 4 is 18.3 Å². The van der Waals surface area contributed by atoms with E-state index in [1.54, 1.807) is 13.8 Å². The second kappa shape index (κ2) is 5.87. The summed E-state index contributed by atoms with van der Waals surface area (Å²) in [6.45, 7) is 5.33. The third-order valence-corrected chi connectivity index (χ3v) is 2.23. The van der Waals surface area contributed by atoms with E-state index in [1.807, 2.05) is 37.3 Å². The molecule has 0 saturated heterocycles. The maximum Gasteiger partial charge on any atom is 0.239 e. The van der Waals surface area contributed by atoms with Gasteiger partial charge in [0.25, 0.3) is 0 Å². The molecule has 0 bridgehead atoms. The van der Waals surface area contributed by atoms with Crippen molar-refractivity contribution in [2.75, 3.05) is 0 Å². The lowest BCUT2D eigenvalue weighted by atomic mass is 10.0. The van der Waals surface area contributed by atoms with E-state index in [0.717, 1.165) is 5.56 Å². The molecule has 1 aromatic rings. The van der Waals surface area contributed by atoms with Gasteiger partial charge in [-0.3, -0.25) is 4.79 Å². The van der Waals surface area contributed by atoms with Crippen LogP contribution in [-0.2, 0) is 4.79 Å². The van der Waals surface area contributed by atoms with E-state index in [9.17, 15) is 4.79 Å². The maximum atomic E-state index is 11.6. The highest BCUT2D eigenvalue weighted by molar-refractivity contribution is 5.85. The molecule has 0 aliphatic carbocycles. The molecule has 0 aromatic heterocycles. The molecule has 0 heterocycles. The van der Waals surface area contributed by atoms with Crippen LogP contribution in [0.3, 0.4) is 0 Å². The quantitative estimate of drug-likeness (QED) is 0.852. The summed E-state index contributed by atoms with van der Waals surface area (Å²) in [4.78, 5) is 11.6. The lowest BCUT2D eigenvalue weighted by Crippen LogP contribution is -2.49. The first-order chi connectivity index (χ1) is 6.91. The summed E-state index contributed by atoms with van der Waals surface area (Å²) in [5.74, 6) is -0.140. The van der Waals surface area contributed by atoms with Crippen LogP contribution in [0.4, 0.5) is 0 Å². The summed E-state index contributed by atoms with van der Waals surface area (Å²) in [7, 11) is 0. The fraction of sp³-hybridized carbons (Fsp3) is 0.417. The number of hydrogen-bond donors (Lipinski definition) is 2. The van der Waals surface area contributed by atoms with Gasteiger partial charge in [-0.2, -0.15) is 0 Å². The number of amides is 1. The fourth-order valence-corrected chi connectivity index (χ4v) is 1.21. The van der Waals surface area contributed by atoms with E-state index in [2.05, 4.69) is 5.32 Å². The highest BCUT2D eigenvalue weighted by Crippen LogP contribution is 2.12. The van der Waals surface area contributed by atoms with E-state index < -0.39 is 5.54 Å². The minimum Gasteiger partial charge on any atom is -0.348 e. The van der Waals surface area contributed by atoms with Crippen LogP contribution in [0, 0.1) is 0 Å². The summed E-state index contributed by atoms with van der Waals surface area (Å²) in [5, 5.41) is 2.87. The Labute approximate surface area is 103 Å². The first-order valence-electron chi connectivity index (χ1n) is 5.06. The van der Waals surface area contributed by atoms with E-state index in [0.29, 0.717) is 0 Å². The monoisotopic (exact) mass is 242 g/mol. The molecule has 0 unspecified atom stereocenters. The van der Waals surface area contributed by atoms with Crippen LogP contribution in [0.5, 0.6) is 0 Å². The Bertz CT molecular complexity index is 333. The zero-order valence-electron chi connectivity index (χ0n) is 9.86. The van der Waals surface area contributed by atoms with Gasteiger partial charge in [0.2, 0.25) is 5.91 Å². The fourth-order valence-electron chi connectivity index (χ4n) is 1.21. The van der Waals surface area contributed by atoms with Crippen molar-refractivity contribution in [1.82, 2.24) is 5.32 Å². The topological polar surface area (TPSA) is 55.1 Å². The molecule has 3 nitrogen and oxygen atoms in total. The van der Waals surface area contributed by atoms with Crippen molar-refractivity contribution in [1.29, 1.82) is 0 Å². The van der Waals surface area contributed by atoms with Crippen LogP contribution < -0.4 is 11.1 Å². The predicted octanol–water partition coefficient (Wildman–Crippen LogP) is 2.02. The standard InChI is InChI=1S/C12H18N2O.ClH/c1-9(10-7-5-4-6-8-10)14-11(15)12(2,3)13;/h4-9H,13H2,1-3H3,(H,14,15);1H/t9-;/m1./s1. The predicted molar refractivity (Wildman–Crippen MR) is 68.5 cm³/mol. The smallest absolute Gasteiger partial charge is 0.239 e. The summed E-state index contributed by atoms with van der Waals surface area (Å²) in [5.41, 5.74) is 5.94. The zero-order valence-corrected chi connectivity index (χ0v) is 10.7. The lowest BCUT2D eigenvalue weighted by molar-refractivity contribution is -0.125. The molecule has 0 saturated carbocycles. The third-order valence-electron chi connectivity index (χ3n) is 2.23. The van der Waals surface area contributed by atoms with E-state index in [4.69, 9.17) is 5.73 Å². The maximum absolute atomic E-state index is 11.6. The number of benzene rings is 1. The minimum absolute atomic E-state index is 0. The molecule has 16 heavy (non-hydrogen) atoms. The van der Waals surface area contributed by atoms with Gasteiger partial charge in [0.1, 0.15) is 0 Å². The molecule has 0 spiro atoms. The number of nitrogens with one attached hydrogen (secondary N) is 1. The number of nitrogens with two attached hydrogens (primary N) is 1. The lowest BCUT2D eigenvalue weighted by Gasteiger charge is -2.22. The second-order valence-electron chi connectivity index (χ2n) is 4.33. The molecule has 4 heteroatoms. The first-order valence-corrected chi connectivity index (χ1v) is 5.06. The molecule has 90 valence electrons. The largest absolute Gasteiger partial charge is 0.348 e. The number of rotatable bonds is 3. The molecule has 1 aromatic carbocycles. The van der Waals surface area contributed by atoms with Gasteiger partial charge in [0, 0.05) is 0 Å². The highest BCUT2D eigenvalue weighted by Gasteiger charge is 2.23. The Morgan fingerprint density at radius 1 is 1.31 bits per heavy atom. The van der Waals surface area contributed by atoms with Gasteiger partial charge < -0.3 is 11.1 Å². The summed E-state index contributed by atoms with van der Waals surface area (Å²) >= 11 is 0. The average molecular weight is 243 g/mol. The van der Waals surface area contributed by atoms with Crippen molar-refractivity contribution in [2.45, 2.75) is 32.4 Å². The van der Waals surface area contributed by atoms with Crippen LogP contribution in [-0.4, -0.2) is 11.4 Å². The van der Waals surface area contributed by atoms with Crippen LogP contribution in [0.1, 0.15) is 32.4 Å². The molecule has 1 amide bonds. The number of hydrogen-bond acceptors (Lipinski definition) is 2. The molecular formula is C12H19ClN2O. The molecule has 0 radical (unpaired) electrons. The van der Waals surface area contributed by atoms with Gasteiger partial charge >= 0.3 is 0 Å². The van der Waals surface area contributed by atoms with Crippen molar-refractivity contribution < 1.29 is 4.79 Å². The normalized spacial score (nSPS) is 12.5. The van der Waals surface area contributed by atoms with Crippen LogP contribution in [0.2, 0.25) is 0 Å². The van der Waals surface area contributed by atoms with Gasteiger partial charge in [-0.25, -0.2) is 0 Å². The summed E-state index contributed by atoms with van der Waals surface area (Å²) in [6, 6.07) is 9.80. The van der Waals surface area contributed by atoms with Crippen LogP contribution >= 0.6 is 12.4 Å². The number of carbonyl (C=O) groups is 1. The highest BCUT2D eigenvalue weighted by atomic mass is 35.5. The Kier molecular flexibility index (Phi) is 5.48. The summed E-state index contributed by atoms with van der Waals surface area (Å²) < 4.78 is 0. The summed E-state index contributed by atoms with van der Waals surface area (Å²) in [6.07, 6.45) is 0. The third kappa shape index (κ3) is 4.21. The van der Waals surface area contributed by atoms with Crippen molar-refractivity contribution in [3.63, 3.8) is 0 Å².